The van der Waals surface area contributed by atoms with E-state index in [0.29, 0.717) is 31.7 Å². The van der Waals surface area contributed by atoms with Crippen LogP contribution in [0.2, 0.25) is 0 Å². The molecule has 158 valence electrons. The molecule has 0 aromatic carbocycles. The van der Waals surface area contributed by atoms with E-state index in [1.807, 2.05) is 0 Å². The van der Waals surface area contributed by atoms with Crippen LogP contribution in [-0.2, 0) is 14.4 Å². The molecule has 3 amide bonds. The number of primary amides is 1. The minimum absolute atomic E-state index is 0.0592. The van der Waals surface area contributed by atoms with Crippen LogP contribution in [0, 0.1) is 0 Å². The zero-order chi connectivity index (χ0) is 20.2. The molecule has 0 spiro atoms. The Balaban J connectivity index is 3.30. The Kier molecular flexibility index (Phi) is 18.6. The van der Waals surface area contributed by atoms with E-state index in [1.54, 1.807) is 11.8 Å². The van der Waals surface area contributed by atoms with Crippen LogP contribution in [0.5, 0.6) is 0 Å². The fourth-order valence-electron chi connectivity index (χ4n) is 2.47. The molecule has 0 aromatic heterocycles. The number of nitrogens with two attached hydrogens (primary N) is 2. The lowest BCUT2D eigenvalue weighted by Gasteiger charge is -2.06. The van der Waals surface area contributed by atoms with Crippen LogP contribution in [0.25, 0.3) is 0 Å². The highest BCUT2D eigenvalue weighted by Crippen LogP contribution is 2.07. The Morgan fingerprint density at radius 2 is 1.30 bits per heavy atom. The standard InChI is InChI=1S/C19H38N4O3S/c20-12-6-3-8-13-22-18(25)11-5-2-9-15-27-16-19(26)23-14-7-1-4-10-17(21)24/h1-16,20H2,(H2,21,24)(H,22,25)(H,23,26). The average Bonchev–Trinajstić information content (AvgIpc) is 2.63. The van der Waals surface area contributed by atoms with Gasteiger partial charge in [-0.1, -0.05) is 19.3 Å². The molecule has 0 unspecified atom stereocenters. The molecule has 7 nitrogen and oxygen atoms in total. The Morgan fingerprint density at radius 1 is 0.704 bits per heavy atom. The molecule has 0 aliphatic carbocycles. The van der Waals surface area contributed by atoms with Gasteiger partial charge >= 0.3 is 0 Å². The molecule has 8 heteroatoms. The van der Waals surface area contributed by atoms with E-state index in [-0.39, 0.29) is 17.7 Å². The topological polar surface area (TPSA) is 127 Å². The fraction of sp³-hybridized carbons (Fsp3) is 0.842. The molecule has 0 saturated carbocycles. The molecule has 0 aliphatic heterocycles. The number of unbranched alkanes of at least 4 members (excludes halogenated alkanes) is 6. The molecule has 0 bridgehead atoms. The summed E-state index contributed by atoms with van der Waals surface area (Å²) in [6, 6.07) is 0. The molecule has 0 aliphatic rings. The number of hydrogen-bond acceptors (Lipinski definition) is 5. The average molecular weight is 403 g/mol. The van der Waals surface area contributed by atoms with Crippen LogP contribution in [0.3, 0.4) is 0 Å². The molecule has 0 rings (SSSR count). The normalized spacial score (nSPS) is 10.6. The van der Waals surface area contributed by atoms with E-state index < -0.39 is 0 Å². The largest absolute Gasteiger partial charge is 0.370 e. The highest BCUT2D eigenvalue weighted by molar-refractivity contribution is 7.99. The molecular weight excluding hydrogens is 364 g/mol. The molecule has 0 atom stereocenters. The van der Waals surface area contributed by atoms with Crippen molar-refractivity contribution in [1.29, 1.82) is 0 Å². The molecule has 0 heterocycles. The summed E-state index contributed by atoms with van der Waals surface area (Å²) in [5, 5.41) is 5.82. The van der Waals surface area contributed by atoms with Gasteiger partial charge in [0.05, 0.1) is 5.75 Å². The number of rotatable bonds is 19. The quantitative estimate of drug-likeness (QED) is 0.244. The van der Waals surface area contributed by atoms with Gasteiger partial charge in [0.15, 0.2) is 0 Å². The van der Waals surface area contributed by atoms with E-state index >= 15 is 0 Å². The summed E-state index contributed by atoms with van der Waals surface area (Å²) in [5.74, 6) is 1.33. The van der Waals surface area contributed by atoms with Crippen molar-refractivity contribution >= 4 is 29.5 Å². The van der Waals surface area contributed by atoms with Gasteiger partial charge in [-0.3, -0.25) is 14.4 Å². The first-order chi connectivity index (χ1) is 13.1. The summed E-state index contributed by atoms with van der Waals surface area (Å²) < 4.78 is 0. The Morgan fingerprint density at radius 3 is 1.96 bits per heavy atom. The van der Waals surface area contributed by atoms with Crippen molar-refractivity contribution in [2.75, 3.05) is 31.1 Å². The van der Waals surface area contributed by atoms with Crippen LogP contribution in [-0.4, -0.2) is 48.9 Å². The van der Waals surface area contributed by atoms with Gasteiger partial charge in [0.2, 0.25) is 17.7 Å². The van der Waals surface area contributed by atoms with Gasteiger partial charge in [-0.15, -0.1) is 0 Å². The summed E-state index contributed by atoms with van der Waals surface area (Å²) in [4.78, 5) is 33.9. The number of carbonyl (C=O) groups is 3. The predicted molar refractivity (Wildman–Crippen MR) is 112 cm³/mol. The van der Waals surface area contributed by atoms with E-state index in [2.05, 4.69) is 10.6 Å². The van der Waals surface area contributed by atoms with Crippen LogP contribution < -0.4 is 22.1 Å². The lowest BCUT2D eigenvalue weighted by molar-refractivity contribution is -0.121. The van der Waals surface area contributed by atoms with Crippen LogP contribution in [0.4, 0.5) is 0 Å². The van der Waals surface area contributed by atoms with E-state index in [1.165, 1.54) is 0 Å². The summed E-state index contributed by atoms with van der Waals surface area (Å²) >= 11 is 1.63. The van der Waals surface area contributed by atoms with E-state index in [9.17, 15) is 14.4 Å². The van der Waals surface area contributed by atoms with Gasteiger partial charge in [-0.05, 0) is 50.8 Å². The second-order valence-corrected chi connectivity index (χ2v) is 7.79. The molecule has 0 aromatic rings. The van der Waals surface area contributed by atoms with Crippen LogP contribution in [0.15, 0.2) is 0 Å². The third-order valence-electron chi connectivity index (χ3n) is 4.05. The van der Waals surface area contributed by atoms with Crippen molar-refractivity contribution in [3.63, 3.8) is 0 Å². The Labute approximate surface area is 168 Å². The SMILES string of the molecule is NCCCCCNC(=O)CCCCCSCC(=O)NCCCCCC(N)=O. The Bertz CT molecular complexity index is 408. The van der Waals surface area contributed by atoms with Gasteiger partial charge in [0.25, 0.3) is 0 Å². The third kappa shape index (κ3) is 20.9. The first kappa shape index (κ1) is 25.7. The first-order valence-electron chi connectivity index (χ1n) is 10.2. The van der Waals surface area contributed by atoms with Crippen molar-refractivity contribution in [2.24, 2.45) is 11.5 Å². The number of carbonyl (C=O) groups excluding carboxylic acids is 3. The number of hydrogen-bond donors (Lipinski definition) is 4. The van der Waals surface area contributed by atoms with Crippen molar-refractivity contribution in [3.8, 4) is 0 Å². The molecule has 0 saturated heterocycles. The molecule has 0 fully saturated rings. The molecular formula is C19H38N4O3S. The monoisotopic (exact) mass is 402 g/mol. The Hall–Kier alpha value is -1.28. The third-order valence-corrected chi connectivity index (χ3v) is 5.09. The number of nitrogens with one attached hydrogen (secondary N) is 2. The first-order valence-corrected chi connectivity index (χ1v) is 11.3. The predicted octanol–water partition coefficient (Wildman–Crippen LogP) is 1.69. The van der Waals surface area contributed by atoms with Crippen molar-refractivity contribution in [1.82, 2.24) is 10.6 Å². The van der Waals surface area contributed by atoms with Crippen molar-refractivity contribution in [2.45, 2.75) is 70.6 Å². The zero-order valence-electron chi connectivity index (χ0n) is 16.6. The van der Waals surface area contributed by atoms with E-state index in [0.717, 1.165) is 70.1 Å². The smallest absolute Gasteiger partial charge is 0.229 e. The highest BCUT2D eigenvalue weighted by atomic mass is 32.2. The lowest BCUT2D eigenvalue weighted by atomic mass is 10.2. The van der Waals surface area contributed by atoms with Gasteiger partial charge in [-0.2, -0.15) is 11.8 Å². The lowest BCUT2D eigenvalue weighted by Crippen LogP contribution is -2.26. The van der Waals surface area contributed by atoms with Gasteiger partial charge < -0.3 is 22.1 Å². The maximum Gasteiger partial charge on any atom is 0.229 e. The minimum atomic E-state index is -0.269. The molecule has 0 radical (unpaired) electrons. The van der Waals surface area contributed by atoms with Crippen LogP contribution in [0.1, 0.15) is 70.6 Å². The zero-order valence-corrected chi connectivity index (χ0v) is 17.4. The number of amides is 3. The van der Waals surface area contributed by atoms with E-state index in [4.69, 9.17) is 11.5 Å². The van der Waals surface area contributed by atoms with Gasteiger partial charge in [0, 0.05) is 25.9 Å². The van der Waals surface area contributed by atoms with Crippen LogP contribution >= 0.6 is 11.8 Å². The molecule has 6 N–H and O–H groups in total. The minimum Gasteiger partial charge on any atom is -0.370 e. The van der Waals surface area contributed by atoms with Gasteiger partial charge in [0.1, 0.15) is 0 Å². The summed E-state index contributed by atoms with van der Waals surface area (Å²) in [6.45, 7) is 2.11. The second kappa shape index (κ2) is 19.5. The summed E-state index contributed by atoms with van der Waals surface area (Å²) in [5.41, 5.74) is 10.5. The highest BCUT2D eigenvalue weighted by Gasteiger charge is 2.03. The number of thioether (sulfide) groups is 1. The van der Waals surface area contributed by atoms with Gasteiger partial charge in [-0.25, -0.2) is 0 Å². The summed E-state index contributed by atoms with van der Waals surface area (Å²) in [7, 11) is 0. The fourth-order valence-corrected chi connectivity index (χ4v) is 3.31. The van der Waals surface area contributed by atoms with Crippen molar-refractivity contribution in [3.05, 3.63) is 0 Å². The summed E-state index contributed by atoms with van der Waals surface area (Å²) in [6.07, 6.45) is 9.56. The maximum atomic E-state index is 11.7. The molecule has 27 heavy (non-hydrogen) atoms. The van der Waals surface area contributed by atoms with Crippen molar-refractivity contribution < 1.29 is 14.4 Å². The maximum absolute atomic E-state index is 11.7. The second-order valence-electron chi connectivity index (χ2n) is 6.69.